The summed E-state index contributed by atoms with van der Waals surface area (Å²) in [5.41, 5.74) is 1.08. The minimum atomic E-state index is 0.518. The van der Waals surface area contributed by atoms with Crippen molar-refractivity contribution in [3.8, 4) is 0 Å². The molecule has 2 bridgehead atoms. The molecule has 1 heteroatoms. The largest absolute Gasteiger partial charge is 0.314 e. The maximum absolute atomic E-state index is 3.50. The van der Waals surface area contributed by atoms with Gasteiger partial charge in [0, 0.05) is 5.54 Å². The monoisotopic (exact) mass is 153 g/mol. The second kappa shape index (κ2) is 1.82. The second-order valence-electron chi connectivity index (χ2n) is 5.42. The molecule has 0 saturated heterocycles. The zero-order valence-electron chi connectivity index (χ0n) is 8.07. The molecule has 0 radical (unpaired) electrons. The highest BCUT2D eigenvalue weighted by Crippen LogP contribution is 2.67. The van der Waals surface area contributed by atoms with Crippen molar-refractivity contribution in [2.75, 3.05) is 7.05 Å². The van der Waals surface area contributed by atoms with E-state index in [-0.39, 0.29) is 0 Å². The summed E-state index contributed by atoms with van der Waals surface area (Å²) < 4.78 is 0. The van der Waals surface area contributed by atoms with Crippen molar-refractivity contribution in [1.82, 2.24) is 5.32 Å². The molecule has 1 N–H and O–H groups in total. The first-order valence-electron chi connectivity index (χ1n) is 4.68. The summed E-state index contributed by atoms with van der Waals surface area (Å²) in [7, 11) is 2.12. The maximum Gasteiger partial charge on any atom is 0.0219 e. The Morgan fingerprint density at radius 1 is 1.27 bits per heavy atom. The SMILES string of the molecule is CNC12CC(C1)C2C(C)(C)C. The number of hydrogen-bond donors (Lipinski definition) is 1. The average molecular weight is 153 g/mol. The Labute approximate surface area is 69.6 Å². The Morgan fingerprint density at radius 3 is 1.91 bits per heavy atom. The van der Waals surface area contributed by atoms with Gasteiger partial charge in [0.2, 0.25) is 0 Å². The van der Waals surface area contributed by atoms with Crippen LogP contribution in [0.2, 0.25) is 0 Å². The van der Waals surface area contributed by atoms with Gasteiger partial charge < -0.3 is 5.32 Å². The summed E-state index contributed by atoms with van der Waals surface area (Å²) >= 11 is 0. The van der Waals surface area contributed by atoms with Gasteiger partial charge in [0.15, 0.2) is 0 Å². The van der Waals surface area contributed by atoms with Crippen LogP contribution in [-0.2, 0) is 0 Å². The molecule has 11 heavy (non-hydrogen) atoms. The smallest absolute Gasteiger partial charge is 0.0219 e. The van der Waals surface area contributed by atoms with E-state index in [1.54, 1.807) is 0 Å². The van der Waals surface area contributed by atoms with Crippen LogP contribution in [0.5, 0.6) is 0 Å². The molecule has 0 aromatic heterocycles. The summed E-state index contributed by atoms with van der Waals surface area (Å²) in [5, 5.41) is 3.50. The Balaban J connectivity index is 2.10. The summed E-state index contributed by atoms with van der Waals surface area (Å²) in [4.78, 5) is 0. The third kappa shape index (κ3) is 0.752. The van der Waals surface area contributed by atoms with Gasteiger partial charge in [-0.2, -0.15) is 0 Å². The van der Waals surface area contributed by atoms with Crippen molar-refractivity contribution in [3.63, 3.8) is 0 Å². The van der Waals surface area contributed by atoms with E-state index in [1.807, 2.05) is 0 Å². The minimum Gasteiger partial charge on any atom is -0.314 e. The molecular weight excluding hydrogens is 134 g/mol. The molecule has 3 fully saturated rings. The van der Waals surface area contributed by atoms with Crippen molar-refractivity contribution in [2.45, 2.75) is 39.2 Å². The van der Waals surface area contributed by atoms with Crippen LogP contribution in [0.15, 0.2) is 0 Å². The van der Waals surface area contributed by atoms with Crippen molar-refractivity contribution >= 4 is 0 Å². The van der Waals surface area contributed by atoms with E-state index < -0.39 is 0 Å². The molecule has 0 aromatic rings. The van der Waals surface area contributed by atoms with Crippen molar-refractivity contribution in [1.29, 1.82) is 0 Å². The maximum atomic E-state index is 3.50. The molecule has 3 rings (SSSR count). The molecule has 3 saturated carbocycles. The second-order valence-corrected chi connectivity index (χ2v) is 5.42. The van der Waals surface area contributed by atoms with Crippen LogP contribution in [0, 0.1) is 17.3 Å². The summed E-state index contributed by atoms with van der Waals surface area (Å²) in [6.45, 7) is 7.11. The fraction of sp³-hybridized carbons (Fsp3) is 1.00. The predicted molar refractivity (Wildman–Crippen MR) is 47.5 cm³/mol. The highest BCUT2D eigenvalue weighted by molar-refractivity contribution is 5.22. The third-order valence-corrected chi connectivity index (χ3v) is 3.75. The van der Waals surface area contributed by atoms with Gasteiger partial charge in [-0.15, -0.1) is 0 Å². The molecule has 1 nitrogen and oxygen atoms in total. The standard InChI is InChI=1S/C10H19N/c1-9(2,3)8-7-5-10(8,6-7)11-4/h7-8,11H,5-6H2,1-4H3. The lowest BCUT2D eigenvalue weighted by molar-refractivity contribution is -0.182. The highest BCUT2D eigenvalue weighted by atomic mass is 15.0. The number of nitrogens with one attached hydrogen (secondary N) is 1. The first kappa shape index (κ1) is 7.60. The van der Waals surface area contributed by atoms with Gasteiger partial charge in [-0.1, -0.05) is 20.8 Å². The molecule has 1 unspecified atom stereocenters. The molecular formula is C10H19N. The molecule has 0 aliphatic heterocycles. The van der Waals surface area contributed by atoms with Crippen LogP contribution in [0.4, 0.5) is 0 Å². The van der Waals surface area contributed by atoms with Crippen LogP contribution < -0.4 is 5.32 Å². The Morgan fingerprint density at radius 2 is 1.82 bits per heavy atom. The fourth-order valence-corrected chi connectivity index (χ4v) is 3.39. The highest BCUT2D eigenvalue weighted by Gasteiger charge is 2.67. The van der Waals surface area contributed by atoms with Crippen molar-refractivity contribution in [2.24, 2.45) is 17.3 Å². The number of hydrogen-bond acceptors (Lipinski definition) is 1. The zero-order chi connectivity index (χ0) is 8.28. The Hall–Kier alpha value is -0.0400. The minimum absolute atomic E-state index is 0.518. The molecule has 1 atom stereocenters. The first-order valence-corrected chi connectivity index (χ1v) is 4.68. The third-order valence-electron chi connectivity index (χ3n) is 3.75. The molecule has 3 aliphatic carbocycles. The molecule has 0 aromatic carbocycles. The van der Waals surface area contributed by atoms with Crippen LogP contribution in [0.25, 0.3) is 0 Å². The van der Waals surface area contributed by atoms with E-state index in [2.05, 4.69) is 33.1 Å². The fourth-order valence-electron chi connectivity index (χ4n) is 3.39. The summed E-state index contributed by atoms with van der Waals surface area (Å²) in [6.07, 6.45) is 2.87. The molecule has 3 aliphatic rings. The van der Waals surface area contributed by atoms with E-state index in [9.17, 15) is 0 Å². The van der Waals surface area contributed by atoms with E-state index in [0.29, 0.717) is 11.0 Å². The van der Waals surface area contributed by atoms with E-state index >= 15 is 0 Å². The average Bonchev–Trinajstić information content (AvgIpc) is 1.52. The lowest BCUT2D eigenvalue weighted by Gasteiger charge is -2.72. The topological polar surface area (TPSA) is 12.0 Å². The first-order chi connectivity index (χ1) is 4.99. The summed E-state index contributed by atoms with van der Waals surface area (Å²) in [6, 6.07) is 0. The molecule has 0 heterocycles. The zero-order valence-corrected chi connectivity index (χ0v) is 8.07. The van der Waals surface area contributed by atoms with E-state index in [4.69, 9.17) is 0 Å². The van der Waals surface area contributed by atoms with Crippen LogP contribution in [-0.4, -0.2) is 12.6 Å². The lowest BCUT2D eigenvalue weighted by atomic mass is 9.37. The van der Waals surface area contributed by atoms with Crippen molar-refractivity contribution < 1.29 is 0 Å². The molecule has 64 valence electrons. The molecule has 0 amide bonds. The number of rotatable bonds is 1. The normalized spacial score (nSPS) is 48.0. The van der Waals surface area contributed by atoms with Gasteiger partial charge in [0.25, 0.3) is 0 Å². The van der Waals surface area contributed by atoms with E-state index in [1.165, 1.54) is 12.8 Å². The predicted octanol–water partition coefficient (Wildman–Crippen LogP) is 2.03. The van der Waals surface area contributed by atoms with E-state index in [0.717, 1.165) is 11.8 Å². The van der Waals surface area contributed by atoms with Crippen molar-refractivity contribution in [3.05, 3.63) is 0 Å². The van der Waals surface area contributed by atoms with Gasteiger partial charge in [-0.25, -0.2) is 0 Å². The lowest BCUT2D eigenvalue weighted by Crippen LogP contribution is -2.76. The van der Waals surface area contributed by atoms with Gasteiger partial charge in [0.1, 0.15) is 0 Å². The summed E-state index contributed by atoms with van der Waals surface area (Å²) in [5.74, 6) is 1.99. The van der Waals surface area contributed by atoms with Gasteiger partial charge in [0.05, 0.1) is 0 Å². The van der Waals surface area contributed by atoms with Crippen LogP contribution in [0.1, 0.15) is 33.6 Å². The quantitative estimate of drug-likeness (QED) is 0.608. The Kier molecular flexibility index (Phi) is 1.26. The van der Waals surface area contributed by atoms with Gasteiger partial charge in [-0.3, -0.25) is 0 Å². The molecule has 0 spiro atoms. The Bertz CT molecular complexity index is 166. The van der Waals surface area contributed by atoms with Gasteiger partial charge in [-0.05, 0) is 37.1 Å². The van der Waals surface area contributed by atoms with Gasteiger partial charge >= 0.3 is 0 Å². The van der Waals surface area contributed by atoms with Crippen LogP contribution in [0.3, 0.4) is 0 Å². The van der Waals surface area contributed by atoms with Crippen LogP contribution >= 0.6 is 0 Å².